The fraction of sp³-hybridized carbons (Fsp3) is 0.486. The normalized spacial score (nSPS) is 24.5. The molecule has 11 heteroatoms. The van der Waals surface area contributed by atoms with Gasteiger partial charge < -0.3 is 29.5 Å². The van der Waals surface area contributed by atoms with Gasteiger partial charge in [-0.25, -0.2) is 13.8 Å². The molecule has 252 valence electrons. The van der Waals surface area contributed by atoms with Gasteiger partial charge in [0.15, 0.2) is 5.82 Å². The molecular weight excluding hydrogens is 616 g/mol. The van der Waals surface area contributed by atoms with E-state index in [2.05, 4.69) is 27.8 Å². The Morgan fingerprint density at radius 1 is 1.06 bits per heavy atom. The minimum absolute atomic E-state index is 0.0191. The first-order valence-corrected chi connectivity index (χ1v) is 16.8. The van der Waals surface area contributed by atoms with Gasteiger partial charge in [-0.1, -0.05) is 25.3 Å². The number of hydrogen-bond donors (Lipinski definition) is 2. The van der Waals surface area contributed by atoms with Crippen molar-refractivity contribution in [2.24, 2.45) is 5.41 Å². The average molecular weight is 658 g/mol. The van der Waals surface area contributed by atoms with E-state index in [1.807, 2.05) is 11.8 Å². The summed E-state index contributed by atoms with van der Waals surface area (Å²) in [6.45, 7) is 4.23. The van der Waals surface area contributed by atoms with Crippen LogP contribution in [0.2, 0.25) is 0 Å². The molecule has 1 saturated carbocycles. The first-order valence-electron chi connectivity index (χ1n) is 16.8. The third-order valence-corrected chi connectivity index (χ3v) is 10.9. The van der Waals surface area contributed by atoms with Crippen LogP contribution in [-0.4, -0.2) is 82.1 Å². The van der Waals surface area contributed by atoms with Crippen LogP contribution >= 0.6 is 0 Å². The molecule has 3 aliphatic rings. The summed E-state index contributed by atoms with van der Waals surface area (Å²) in [5, 5.41) is 22.8. The third kappa shape index (κ3) is 5.35. The molecule has 9 nitrogen and oxygen atoms in total. The molecule has 2 aliphatic heterocycles. The van der Waals surface area contributed by atoms with E-state index >= 15 is 4.39 Å². The van der Waals surface area contributed by atoms with Crippen molar-refractivity contribution >= 4 is 27.5 Å². The highest BCUT2D eigenvalue weighted by Gasteiger charge is 2.47. The van der Waals surface area contributed by atoms with Crippen molar-refractivity contribution < 1.29 is 28.5 Å². The molecule has 0 spiro atoms. The fourth-order valence-electron chi connectivity index (χ4n) is 8.44. The summed E-state index contributed by atoms with van der Waals surface area (Å²) in [5.41, 5.74) is -1.30. The number of piperidine rings is 2. The number of aromatic hydroxyl groups is 1. The lowest BCUT2D eigenvalue weighted by Crippen LogP contribution is -2.50. The first kappa shape index (κ1) is 32.3. The van der Waals surface area contributed by atoms with E-state index in [9.17, 15) is 14.6 Å². The second-order valence-electron chi connectivity index (χ2n) is 13.7. The second-order valence-corrected chi connectivity index (χ2v) is 13.7. The smallest absolute Gasteiger partial charge is 0.319 e. The molecule has 4 heterocycles. The number of methoxy groups -OCH3 is 1. The number of nitrogens with zero attached hydrogens (tertiary/aromatic N) is 5. The van der Waals surface area contributed by atoms with Crippen molar-refractivity contribution in [3.63, 3.8) is 0 Å². The van der Waals surface area contributed by atoms with Crippen LogP contribution in [-0.2, 0) is 0 Å². The number of pyridine rings is 1. The fourth-order valence-corrected chi connectivity index (χ4v) is 8.44. The number of terminal acetylenes is 1. The molecule has 2 saturated heterocycles. The number of phenols is 1. The number of halogens is 2. The lowest BCUT2D eigenvalue weighted by molar-refractivity contribution is 0.0131. The molecule has 2 N–H and O–H groups in total. The van der Waals surface area contributed by atoms with Gasteiger partial charge in [-0.05, 0) is 82.1 Å². The average Bonchev–Trinajstić information content (AvgIpc) is 3.53. The van der Waals surface area contributed by atoms with Gasteiger partial charge in [-0.3, -0.25) is 0 Å². The largest absolute Gasteiger partial charge is 0.508 e. The van der Waals surface area contributed by atoms with Crippen molar-refractivity contribution in [2.75, 3.05) is 45.3 Å². The molecular formula is C37H41F2N5O4. The Balaban J connectivity index is 1.43. The number of hydrogen-bond acceptors (Lipinski definition) is 9. The highest BCUT2D eigenvalue weighted by Crippen LogP contribution is 2.48. The molecule has 3 atom stereocenters. The summed E-state index contributed by atoms with van der Waals surface area (Å²) in [6.07, 6.45) is 13.0. The number of benzene rings is 2. The lowest BCUT2D eigenvalue weighted by atomic mass is 9.76. The molecule has 3 fully saturated rings. The number of likely N-dealkylation sites (tertiary alicyclic amines) is 1. The quantitative estimate of drug-likeness (QED) is 0.225. The van der Waals surface area contributed by atoms with Gasteiger partial charge in [-0.15, -0.1) is 6.42 Å². The van der Waals surface area contributed by atoms with Crippen LogP contribution in [0.4, 0.5) is 14.6 Å². The van der Waals surface area contributed by atoms with Gasteiger partial charge in [-0.2, -0.15) is 9.97 Å². The molecule has 1 unspecified atom stereocenters. The number of fused-ring (bicyclic) bond motifs is 3. The maximum atomic E-state index is 17.1. The predicted octanol–water partition coefficient (Wildman–Crippen LogP) is 6.20. The Hall–Kier alpha value is -4.27. The van der Waals surface area contributed by atoms with Crippen molar-refractivity contribution in [2.45, 2.75) is 69.9 Å². The zero-order chi connectivity index (χ0) is 33.8. The topological polar surface area (TPSA) is 104 Å². The Kier molecular flexibility index (Phi) is 8.28. The Labute approximate surface area is 278 Å². The number of aliphatic hydroxyl groups is 1. The minimum atomic E-state index is -0.950. The molecule has 4 aromatic rings. The summed E-state index contributed by atoms with van der Waals surface area (Å²) in [6, 6.07) is 5.84. The van der Waals surface area contributed by atoms with Crippen LogP contribution in [0.15, 0.2) is 24.3 Å². The molecule has 48 heavy (non-hydrogen) atoms. The first-order chi connectivity index (χ1) is 23.1. The molecule has 2 aromatic heterocycles. The van der Waals surface area contributed by atoms with Gasteiger partial charge in [0.05, 0.1) is 24.9 Å². The van der Waals surface area contributed by atoms with E-state index in [1.54, 1.807) is 0 Å². The van der Waals surface area contributed by atoms with E-state index in [0.717, 1.165) is 38.6 Å². The van der Waals surface area contributed by atoms with E-state index in [0.29, 0.717) is 49.7 Å². The van der Waals surface area contributed by atoms with E-state index in [-0.39, 0.29) is 62.7 Å². The number of β-amino-alcohol motifs (C(OH)–C–C–N with tert-alkyl or cyclic N) is 1. The van der Waals surface area contributed by atoms with Crippen LogP contribution in [0.5, 0.6) is 17.6 Å². The van der Waals surface area contributed by atoms with Crippen LogP contribution in [0.25, 0.3) is 32.9 Å². The Morgan fingerprint density at radius 3 is 2.62 bits per heavy atom. The number of phenolic OH excluding ortho intramolecular Hbond substituents is 1. The van der Waals surface area contributed by atoms with Gasteiger partial charge in [0.1, 0.15) is 34.0 Å². The minimum Gasteiger partial charge on any atom is -0.508 e. The van der Waals surface area contributed by atoms with Gasteiger partial charge in [0, 0.05) is 35.5 Å². The molecule has 0 amide bonds. The second kappa shape index (κ2) is 12.3. The summed E-state index contributed by atoms with van der Waals surface area (Å²) in [4.78, 5) is 18.4. The van der Waals surface area contributed by atoms with E-state index < -0.39 is 17.2 Å². The molecule has 2 aromatic carbocycles. The summed E-state index contributed by atoms with van der Waals surface area (Å²) >= 11 is 0. The van der Waals surface area contributed by atoms with Crippen LogP contribution in [0, 0.1) is 29.4 Å². The maximum absolute atomic E-state index is 17.1. The van der Waals surface area contributed by atoms with Crippen LogP contribution in [0.3, 0.4) is 0 Å². The van der Waals surface area contributed by atoms with Crippen molar-refractivity contribution in [1.82, 2.24) is 19.9 Å². The van der Waals surface area contributed by atoms with E-state index in [4.69, 9.17) is 20.9 Å². The number of aromatic nitrogens is 3. The van der Waals surface area contributed by atoms with Crippen molar-refractivity contribution in [3.8, 4) is 41.2 Å². The lowest BCUT2D eigenvalue weighted by Gasteiger charge is -2.44. The van der Waals surface area contributed by atoms with Gasteiger partial charge >= 0.3 is 6.01 Å². The maximum Gasteiger partial charge on any atom is 0.319 e. The summed E-state index contributed by atoms with van der Waals surface area (Å²) < 4.78 is 44.3. The highest BCUT2D eigenvalue weighted by atomic mass is 19.1. The summed E-state index contributed by atoms with van der Waals surface area (Å²) in [5.74, 6) is 1.12. The van der Waals surface area contributed by atoms with Crippen molar-refractivity contribution in [3.05, 3.63) is 41.5 Å². The summed E-state index contributed by atoms with van der Waals surface area (Å²) in [7, 11) is 3.58. The van der Waals surface area contributed by atoms with E-state index in [1.165, 1.54) is 31.4 Å². The molecule has 7 rings (SSSR count). The van der Waals surface area contributed by atoms with Gasteiger partial charge in [0.2, 0.25) is 5.88 Å². The monoisotopic (exact) mass is 657 g/mol. The zero-order valence-corrected chi connectivity index (χ0v) is 27.7. The molecule has 1 aliphatic carbocycles. The predicted molar refractivity (Wildman–Crippen MR) is 180 cm³/mol. The zero-order valence-electron chi connectivity index (χ0n) is 27.7. The van der Waals surface area contributed by atoms with Crippen molar-refractivity contribution in [1.29, 1.82) is 0 Å². The van der Waals surface area contributed by atoms with Gasteiger partial charge in [0.25, 0.3) is 0 Å². The Bertz CT molecular complexity index is 1950. The SMILES string of the molecule is C#Cc1c(F)ccc2cc(O)cc(-c3nc(OC)c4c(N5CCCC(O)(CC)C5)nc(OC[C@]56CCC[C@H]5N(C)CCC6)nc4c3F)c12. The van der Waals surface area contributed by atoms with Crippen LogP contribution in [0.1, 0.15) is 63.9 Å². The molecule has 0 radical (unpaired) electrons. The third-order valence-electron chi connectivity index (χ3n) is 10.9. The highest BCUT2D eigenvalue weighted by molar-refractivity contribution is 6.04. The Morgan fingerprint density at radius 2 is 1.85 bits per heavy atom. The number of rotatable bonds is 7. The number of anilines is 1. The molecule has 0 bridgehead atoms. The number of ether oxygens (including phenoxy) is 2. The van der Waals surface area contributed by atoms with Crippen LogP contribution < -0.4 is 14.4 Å². The standard InChI is InChI=1S/C37H41F2N5O4/c1-5-24-26(38)12-11-22-18-23(45)19-25(28(22)24)31-30(39)32-29(34(40-31)47-4)33(44-17-9-15-37(46,6-2)20-44)42-35(41-32)48-21-36-13-7-10-27(36)43(3)16-8-14-36/h1,11-12,18-19,27,45-46H,6-10,13-17,20-21H2,2-4H3/t27-,36-,37?/m1/s1.